The number of imide groups is 1. The molecule has 4 nitrogen and oxygen atoms in total. The van der Waals surface area contributed by atoms with Gasteiger partial charge in [-0.25, -0.2) is 0 Å². The maximum Gasteiger partial charge on any atom is 0.239 e. The highest BCUT2D eigenvalue weighted by Crippen LogP contribution is 2.42. The molecule has 0 spiro atoms. The molecular formula is C11H13NO3. The van der Waals surface area contributed by atoms with Gasteiger partial charge >= 0.3 is 0 Å². The Morgan fingerprint density at radius 1 is 1.27 bits per heavy atom. The second-order valence-electron chi connectivity index (χ2n) is 4.40. The fraction of sp³-hybridized carbons (Fsp3) is 0.545. The summed E-state index contributed by atoms with van der Waals surface area (Å²) in [5.74, 6) is -0.294. The van der Waals surface area contributed by atoms with E-state index in [2.05, 4.69) is 0 Å². The van der Waals surface area contributed by atoms with E-state index in [1.165, 1.54) is 13.1 Å². The molecule has 2 aliphatic rings. The van der Waals surface area contributed by atoms with Crippen LogP contribution in [0.1, 0.15) is 26.2 Å². The molecule has 15 heavy (non-hydrogen) atoms. The van der Waals surface area contributed by atoms with Crippen molar-refractivity contribution in [2.45, 2.75) is 26.2 Å². The Morgan fingerprint density at radius 3 is 2.33 bits per heavy atom. The third-order valence-corrected chi connectivity index (χ3v) is 3.34. The Kier molecular flexibility index (Phi) is 2.03. The molecule has 0 unspecified atom stereocenters. The molecule has 0 saturated carbocycles. The molecule has 1 atom stereocenters. The highest BCUT2D eigenvalue weighted by molar-refractivity contribution is 6.08. The molecular weight excluding hydrogens is 194 g/mol. The molecule has 0 aromatic carbocycles. The predicted molar refractivity (Wildman–Crippen MR) is 52.8 cm³/mol. The lowest BCUT2D eigenvalue weighted by Gasteiger charge is -2.22. The first kappa shape index (κ1) is 10.1. The number of ketones is 1. The van der Waals surface area contributed by atoms with Crippen LogP contribution in [-0.4, -0.2) is 29.5 Å². The predicted octanol–water partition coefficient (Wildman–Crippen LogP) is 0.671. The van der Waals surface area contributed by atoms with Crippen LogP contribution < -0.4 is 0 Å². The van der Waals surface area contributed by atoms with Crippen molar-refractivity contribution in [3.8, 4) is 0 Å². The summed E-state index contributed by atoms with van der Waals surface area (Å²) in [6.45, 7) is 1.75. The first-order chi connectivity index (χ1) is 6.95. The standard InChI is InChI=1S/C11H13NO3/c1-11(7-3-4-8(13)5-7)6-9(14)12(2)10(11)15/h5H,3-4,6H2,1-2H3/t11-/m0/s1. The van der Waals surface area contributed by atoms with Crippen molar-refractivity contribution in [2.24, 2.45) is 5.41 Å². The van der Waals surface area contributed by atoms with Crippen LogP contribution in [0.3, 0.4) is 0 Å². The van der Waals surface area contributed by atoms with Crippen molar-refractivity contribution in [1.29, 1.82) is 0 Å². The maximum absolute atomic E-state index is 11.9. The van der Waals surface area contributed by atoms with Crippen LogP contribution in [0, 0.1) is 5.41 Å². The molecule has 0 aromatic rings. The van der Waals surface area contributed by atoms with E-state index in [-0.39, 0.29) is 24.0 Å². The van der Waals surface area contributed by atoms with Gasteiger partial charge in [0, 0.05) is 19.9 Å². The van der Waals surface area contributed by atoms with E-state index in [4.69, 9.17) is 0 Å². The van der Waals surface area contributed by atoms with Crippen LogP contribution in [0.25, 0.3) is 0 Å². The Labute approximate surface area is 87.9 Å². The number of amides is 2. The largest absolute Gasteiger partial charge is 0.295 e. The van der Waals surface area contributed by atoms with Gasteiger partial charge in [-0.05, 0) is 19.4 Å². The van der Waals surface area contributed by atoms with Gasteiger partial charge in [0.2, 0.25) is 11.8 Å². The summed E-state index contributed by atoms with van der Waals surface area (Å²) in [6.07, 6.45) is 2.81. The molecule has 1 fully saturated rings. The average Bonchev–Trinajstić information content (AvgIpc) is 2.68. The fourth-order valence-electron chi connectivity index (χ4n) is 2.26. The lowest BCUT2D eigenvalue weighted by Crippen LogP contribution is -2.32. The number of likely N-dealkylation sites (tertiary alicyclic amines) is 1. The molecule has 1 saturated heterocycles. The first-order valence-electron chi connectivity index (χ1n) is 5.00. The van der Waals surface area contributed by atoms with Gasteiger partial charge in [0.1, 0.15) is 0 Å². The lowest BCUT2D eigenvalue weighted by atomic mass is 9.80. The summed E-state index contributed by atoms with van der Waals surface area (Å²) in [5, 5.41) is 0. The number of nitrogens with zero attached hydrogens (tertiary/aromatic N) is 1. The number of carbonyl (C=O) groups excluding carboxylic acids is 3. The van der Waals surface area contributed by atoms with Crippen LogP contribution in [0.15, 0.2) is 11.6 Å². The van der Waals surface area contributed by atoms with E-state index in [1.807, 2.05) is 0 Å². The summed E-state index contributed by atoms with van der Waals surface area (Å²) in [7, 11) is 1.49. The maximum atomic E-state index is 11.9. The highest BCUT2D eigenvalue weighted by Gasteiger charge is 2.49. The third kappa shape index (κ3) is 1.32. The van der Waals surface area contributed by atoms with Gasteiger partial charge in [-0.15, -0.1) is 0 Å². The monoisotopic (exact) mass is 207 g/mol. The molecule has 0 N–H and O–H groups in total. The van der Waals surface area contributed by atoms with E-state index in [0.717, 1.165) is 10.5 Å². The normalized spacial score (nSPS) is 31.5. The van der Waals surface area contributed by atoms with Gasteiger partial charge in [0.15, 0.2) is 5.78 Å². The van der Waals surface area contributed by atoms with Crippen molar-refractivity contribution in [3.05, 3.63) is 11.6 Å². The van der Waals surface area contributed by atoms with E-state index in [9.17, 15) is 14.4 Å². The van der Waals surface area contributed by atoms with Gasteiger partial charge in [-0.1, -0.05) is 5.57 Å². The van der Waals surface area contributed by atoms with Crippen molar-refractivity contribution in [1.82, 2.24) is 4.90 Å². The molecule has 2 rings (SSSR count). The lowest BCUT2D eigenvalue weighted by molar-refractivity contribution is -0.138. The van der Waals surface area contributed by atoms with E-state index >= 15 is 0 Å². The summed E-state index contributed by atoms with van der Waals surface area (Å²) in [4.78, 5) is 35.6. The summed E-state index contributed by atoms with van der Waals surface area (Å²) >= 11 is 0. The molecule has 0 bridgehead atoms. The van der Waals surface area contributed by atoms with Crippen molar-refractivity contribution in [3.63, 3.8) is 0 Å². The Balaban J connectivity index is 2.36. The summed E-state index contributed by atoms with van der Waals surface area (Å²) in [6, 6.07) is 0. The molecule has 0 aromatic heterocycles. The zero-order valence-electron chi connectivity index (χ0n) is 8.87. The zero-order valence-corrected chi connectivity index (χ0v) is 8.87. The van der Waals surface area contributed by atoms with Gasteiger partial charge in [-0.2, -0.15) is 0 Å². The summed E-state index contributed by atoms with van der Waals surface area (Å²) in [5.41, 5.74) is 0.0491. The number of hydrogen-bond donors (Lipinski definition) is 0. The quantitative estimate of drug-likeness (QED) is 0.594. The van der Waals surface area contributed by atoms with E-state index < -0.39 is 5.41 Å². The Hall–Kier alpha value is -1.45. The molecule has 1 heterocycles. The molecule has 2 amide bonds. The minimum Gasteiger partial charge on any atom is -0.295 e. The molecule has 1 aliphatic heterocycles. The van der Waals surface area contributed by atoms with Crippen molar-refractivity contribution in [2.75, 3.05) is 7.05 Å². The zero-order chi connectivity index (χ0) is 11.2. The van der Waals surface area contributed by atoms with Crippen LogP contribution in [-0.2, 0) is 14.4 Å². The molecule has 0 radical (unpaired) electrons. The van der Waals surface area contributed by atoms with Crippen LogP contribution in [0.5, 0.6) is 0 Å². The minimum atomic E-state index is -0.766. The third-order valence-electron chi connectivity index (χ3n) is 3.34. The number of rotatable bonds is 1. The van der Waals surface area contributed by atoms with Gasteiger partial charge in [0.05, 0.1) is 5.41 Å². The van der Waals surface area contributed by atoms with Crippen LogP contribution >= 0.6 is 0 Å². The topological polar surface area (TPSA) is 54.5 Å². The number of allylic oxidation sites excluding steroid dienone is 1. The minimum absolute atomic E-state index is 0.0565. The summed E-state index contributed by atoms with van der Waals surface area (Å²) < 4.78 is 0. The highest BCUT2D eigenvalue weighted by atomic mass is 16.2. The van der Waals surface area contributed by atoms with Crippen LogP contribution in [0.4, 0.5) is 0 Å². The second kappa shape index (κ2) is 3.02. The van der Waals surface area contributed by atoms with Gasteiger partial charge < -0.3 is 0 Å². The van der Waals surface area contributed by atoms with Gasteiger partial charge in [-0.3, -0.25) is 19.3 Å². The molecule has 4 heteroatoms. The molecule has 1 aliphatic carbocycles. The number of hydrogen-bond acceptors (Lipinski definition) is 3. The first-order valence-corrected chi connectivity index (χ1v) is 5.00. The van der Waals surface area contributed by atoms with E-state index in [0.29, 0.717) is 12.8 Å². The fourth-order valence-corrected chi connectivity index (χ4v) is 2.26. The van der Waals surface area contributed by atoms with Crippen molar-refractivity contribution < 1.29 is 14.4 Å². The molecule has 80 valence electrons. The Morgan fingerprint density at radius 2 is 1.93 bits per heavy atom. The SMILES string of the molecule is CN1C(=O)C[C@@](C)(C2=CC(=O)CC2)C1=O. The van der Waals surface area contributed by atoms with Crippen LogP contribution in [0.2, 0.25) is 0 Å². The smallest absolute Gasteiger partial charge is 0.239 e. The van der Waals surface area contributed by atoms with E-state index in [1.54, 1.807) is 6.92 Å². The number of carbonyl (C=O) groups is 3. The average molecular weight is 207 g/mol. The van der Waals surface area contributed by atoms with Gasteiger partial charge in [0.25, 0.3) is 0 Å². The van der Waals surface area contributed by atoms with Crippen molar-refractivity contribution >= 4 is 17.6 Å². The Bertz CT molecular complexity index is 397. The second-order valence-corrected chi connectivity index (χ2v) is 4.40.